The van der Waals surface area contributed by atoms with Gasteiger partial charge in [-0.2, -0.15) is 0 Å². The van der Waals surface area contributed by atoms with E-state index in [1.807, 2.05) is 23.1 Å². The van der Waals surface area contributed by atoms with Crippen molar-refractivity contribution in [3.8, 4) is 0 Å². The van der Waals surface area contributed by atoms with Crippen molar-refractivity contribution >= 4 is 58.5 Å². The highest BCUT2D eigenvalue weighted by molar-refractivity contribution is 6.34. The van der Waals surface area contributed by atoms with Gasteiger partial charge >= 0.3 is 5.97 Å². The van der Waals surface area contributed by atoms with Gasteiger partial charge in [-0.3, -0.25) is 14.5 Å². The minimum Gasteiger partial charge on any atom is -0.481 e. The van der Waals surface area contributed by atoms with Crippen molar-refractivity contribution < 1.29 is 14.7 Å². The van der Waals surface area contributed by atoms with Crippen molar-refractivity contribution in [2.45, 2.75) is 38.8 Å². The molecule has 0 radical (unpaired) electrons. The van der Waals surface area contributed by atoms with Gasteiger partial charge in [0.15, 0.2) is 0 Å². The molecule has 0 aliphatic carbocycles. The molecule has 1 saturated heterocycles. The minimum atomic E-state index is -0.742. The maximum Gasteiger partial charge on any atom is 0.303 e. The van der Waals surface area contributed by atoms with Gasteiger partial charge in [-0.05, 0) is 79.7 Å². The van der Waals surface area contributed by atoms with Crippen molar-refractivity contribution in [1.29, 1.82) is 0 Å². The number of carboxylic acid groups (broad SMARTS) is 1. The summed E-state index contributed by atoms with van der Waals surface area (Å²) in [5.41, 5.74) is 4.25. The third-order valence-electron chi connectivity index (χ3n) is 7.16. The van der Waals surface area contributed by atoms with E-state index in [4.69, 9.17) is 28.3 Å². The number of halogens is 3. The number of pyridine rings is 1. The first kappa shape index (κ1) is 26.7. The van der Waals surface area contributed by atoms with Gasteiger partial charge in [0.2, 0.25) is 5.91 Å². The number of amides is 1. The lowest BCUT2D eigenvalue weighted by atomic mass is 9.93. The zero-order valence-corrected chi connectivity index (χ0v) is 22.2. The van der Waals surface area contributed by atoms with Crippen LogP contribution in [0.5, 0.6) is 0 Å². The molecule has 4 heterocycles. The summed E-state index contributed by atoms with van der Waals surface area (Å²) in [6.45, 7) is 3.69. The molecular weight excluding hydrogens is 523 g/mol. The van der Waals surface area contributed by atoms with Crippen molar-refractivity contribution in [1.82, 2.24) is 19.4 Å². The van der Waals surface area contributed by atoms with Crippen LogP contribution in [0, 0.1) is 5.92 Å². The molecule has 192 valence electrons. The molecule has 7 nitrogen and oxygen atoms in total. The number of aromatic nitrogens is 2. The topological polar surface area (TPSA) is 78.7 Å². The van der Waals surface area contributed by atoms with E-state index in [0.717, 1.165) is 54.6 Å². The van der Waals surface area contributed by atoms with Gasteiger partial charge in [-0.25, -0.2) is 4.98 Å². The van der Waals surface area contributed by atoms with Crippen molar-refractivity contribution in [2.24, 2.45) is 5.92 Å². The first-order valence-electron chi connectivity index (χ1n) is 12.0. The first-order valence-corrected chi connectivity index (χ1v) is 12.7. The van der Waals surface area contributed by atoms with Crippen LogP contribution in [0.3, 0.4) is 0 Å². The van der Waals surface area contributed by atoms with E-state index in [-0.39, 0.29) is 30.7 Å². The molecule has 2 aliphatic rings. The van der Waals surface area contributed by atoms with Crippen LogP contribution >= 0.6 is 35.6 Å². The molecule has 1 N–H and O–H groups in total. The highest BCUT2D eigenvalue weighted by atomic mass is 35.5. The van der Waals surface area contributed by atoms with Crippen molar-refractivity contribution in [2.75, 3.05) is 26.2 Å². The fourth-order valence-electron chi connectivity index (χ4n) is 5.42. The lowest BCUT2D eigenvalue weighted by Gasteiger charge is -2.34. The van der Waals surface area contributed by atoms with E-state index >= 15 is 0 Å². The predicted molar refractivity (Wildman–Crippen MR) is 143 cm³/mol. The molecule has 5 rings (SSSR count). The molecule has 0 atom stereocenters. The number of benzene rings is 1. The highest BCUT2D eigenvalue weighted by Crippen LogP contribution is 2.31. The van der Waals surface area contributed by atoms with E-state index in [2.05, 4.69) is 20.5 Å². The van der Waals surface area contributed by atoms with E-state index < -0.39 is 5.97 Å². The number of likely N-dealkylation sites (tertiary alicyclic amines) is 1. The van der Waals surface area contributed by atoms with Crippen LogP contribution in [-0.4, -0.2) is 62.5 Å². The van der Waals surface area contributed by atoms with E-state index in [0.29, 0.717) is 36.2 Å². The molecule has 2 aromatic heterocycles. The summed E-state index contributed by atoms with van der Waals surface area (Å²) in [6, 6.07) is 9.59. The number of aliphatic carboxylic acids is 1. The minimum absolute atomic E-state index is 0. The summed E-state index contributed by atoms with van der Waals surface area (Å²) < 4.78 is 2.18. The lowest BCUT2D eigenvalue weighted by molar-refractivity contribution is -0.139. The number of carbonyl (C=O) groups excluding carboxylic acids is 1. The normalized spacial score (nSPS) is 16.6. The van der Waals surface area contributed by atoms with Crippen LogP contribution in [-0.2, 0) is 29.1 Å². The first-order chi connectivity index (χ1) is 16.9. The van der Waals surface area contributed by atoms with E-state index in [9.17, 15) is 9.59 Å². The van der Waals surface area contributed by atoms with Crippen LogP contribution in [0.4, 0.5) is 0 Å². The summed E-state index contributed by atoms with van der Waals surface area (Å²) in [6.07, 6.45) is 4.45. The average molecular weight is 552 g/mol. The highest BCUT2D eigenvalue weighted by Gasteiger charge is 2.29. The summed E-state index contributed by atoms with van der Waals surface area (Å²) in [5, 5.41) is 11.3. The number of fused-ring (bicyclic) bond motifs is 3. The summed E-state index contributed by atoms with van der Waals surface area (Å²) in [7, 11) is 0. The smallest absolute Gasteiger partial charge is 0.303 e. The Labute approximate surface area is 226 Å². The number of nitrogens with zero attached hydrogens (tertiary/aromatic N) is 4. The van der Waals surface area contributed by atoms with Crippen LogP contribution in [0.1, 0.15) is 36.1 Å². The van der Waals surface area contributed by atoms with Crippen LogP contribution in [0.25, 0.3) is 11.0 Å². The second-order valence-electron chi connectivity index (χ2n) is 9.55. The Morgan fingerprint density at radius 3 is 2.50 bits per heavy atom. The zero-order valence-electron chi connectivity index (χ0n) is 19.8. The van der Waals surface area contributed by atoms with Gasteiger partial charge in [-0.1, -0.05) is 23.2 Å². The zero-order chi connectivity index (χ0) is 24.5. The standard InChI is InChI=1S/C26H28Cl2N4O3.ClH/c27-19-10-18(11-20(28)13-19)14-32-23-15-31(9-5-21(23)22-2-1-6-29-26(22)32)24(33)16-30-7-3-17(4-8-30)12-25(34)35;/h1-2,6,10-11,13,17H,3-5,7-9,12,14-16H2,(H,34,35);1H. The molecule has 1 fully saturated rings. The Balaban J connectivity index is 0.00000304. The number of carbonyl (C=O) groups is 2. The summed E-state index contributed by atoms with van der Waals surface area (Å²) in [4.78, 5) is 33.0. The predicted octanol–water partition coefficient (Wildman–Crippen LogP) is 4.88. The van der Waals surface area contributed by atoms with E-state index in [1.54, 1.807) is 12.3 Å². The van der Waals surface area contributed by atoms with Crippen LogP contribution in [0.2, 0.25) is 10.0 Å². The average Bonchev–Trinajstić information content (AvgIpc) is 3.12. The van der Waals surface area contributed by atoms with Crippen molar-refractivity contribution in [3.05, 3.63) is 63.4 Å². The quantitative estimate of drug-likeness (QED) is 0.472. The summed E-state index contributed by atoms with van der Waals surface area (Å²) in [5.74, 6) is -0.420. The van der Waals surface area contributed by atoms with E-state index in [1.165, 1.54) is 5.56 Å². The Morgan fingerprint density at radius 2 is 1.81 bits per heavy atom. The third-order valence-corrected chi connectivity index (χ3v) is 7.60. The van der Waals surface area contributed by atoms with Crippen molar-refractivity contribution in [3.63, 3.8) is 0 Å². The Kier molecular flexibility index (Phi) is 8.45. The molecule has 0 unspecified atom stereocenters. The molecule has 10 heteroatoms. The molecule has 0 saturated carbocycles. The molecule has 3 aromatic rings. The molecule has 0 spiro atoms. The van der Waals surface area contributed by atoms with Crippen LogP contribution in [0.15, 0.2) is 36.5 Å². The third kappa shape index (κ3) is 5.80. The lowest BCUT2D eigenvalue weighted by Crippen LogP contribution is -2.45. The molecule has 1 aromatic carbocycles. The van der Waals surface area contributed by atoms with Gasteiger partial charge in [0, 0.05) is 46.8 Å². The van der Waals surface area contributed by atoms with Gasteiger partial charge in [0.05, 0.1) is 13.1 Å². The SMILES string of the molecule is Cl.O=C(O)CC1CCN(CC(=O)N2CCc3c(n(Cc4cc(Cl)cc(Cl)c4)c4ncccc34)C2)CC1. The molecule has 1 amide bonds. The summed E-state index contributed by atoms with van der Waals surface area (Å²) >= 11 is 12.5. The van der Waals surface area contributed by atoms with Gasteiger partial charge in [0.25, 0.3) is 0 Å². The Bertz CT molecular complexity index is 1250. The molecule has 2 aliphatic heterocycles. The molecular formula is C26H29Cl3N4O3. The fraction of sp³-hybridized carbons (Fsp3) is 0.423. The Hall–Kier alpha value is -2.32. The number of carboxylic acids is 1. The van der Waals surface area contributed by atoms with Gasteiger partial charge < -0.3 is 14.6 Å². The fourth-order valence-corrected chi connectivity index (χ4v) is 5.99. The number of piperidine rings is 1. The van der Waals surface area contributed by atoms with Gasteiger partial charge in [-0.15, -0.1) is 12.4 Å². The maximum atomic E-state index is 13.2. The number of rotatable bonds is 6. The largest absolute Gasteiger partial charge is 0.481 e. The monoisotopic (exact) mass is 550 g/mol. The van der Waals surface area contributed by atoms with Gasteiger partial charge in [0.1, 0.15) is 5.65 Å². The molecule has 0 bridgehead atoms. The Morgan fingerprint density at radius 1 is 1.08 bits per heavy atom. The maximum absolute atomic E-state index is 13.2. The number of hydrogen-bond donors (Lipinski definition) is 1. The second-order valence-corrected chi connectivity index (χ2v) is 10.4. The van der Waals surface area contributed by atoms with Crippen LogP contribution < -0.4 is 0 Å². The molecule has 36 heavy (non-hydrogen) atoms. The second kappa shape index (κ2) is 11.4. The number of hydrogen-bond acceptors (Lipinski definition) is 4.